The van der Waals surface area contributed by atoms with Gasteiger partial charge in [0.25, 0.3) is 0 Å². The molecular weight excluding hydrogens is 376 g/mol. The maximum absolute atomic E-state index is 12.5. The number of hydrogen-bond acceptors (Lipinski definition) is 6. The molecule has 1 saturated heterocycles. The highest BCUT2D eigenvalue weighted by Crippen LogP contribution is 2.29. The van der Waals surface area contributed by atoms with Crippen LogP contribution in [0.4, 0.5) is 5.82 Å². The first-order valence-corrected chi connectivity index (χ1v) is 11.6. The minimum atomic E-state index is -3.31. The van der Waals surface area contributed by atoms with E-state index in [1.165, 1.54) is 12.6 Å². The summed E-state index contributed by atoms with van der Waals surface area (Å²) in [5, 5.41) is 3.83. The second kappa shape index (κ2) is 8.03. The van der Waals surface area contributed by atoms with Gasteiger partial charge in [0.15, 0.2) is 9.84 Å². The number of nitrogens with one attached hydrogen (secondary N) is 1. The van der Waals surface area contributed by atoms with Crippen LogP contribution in [0.2, 0.25) is 0 Å². The zero-order chi connectivity index (χ0) is 20.5. The van der Waals surface area contributed by atoms with Gasteiger partial charge >= 0.3 is 0 Å². The van der Waals surface area contributed by atoms with Crippen molar-refractivity contribution in [1.82, 2.24) is 15.3 Å². The molecule has 1 aromatic carbocycles. The molecule has 152 valence electrons. The van der Waals surface area contributed by atoms with Gasteiger partial charge in [0.1, 0.15) is 12.1 Å². The smallest absolute Gasteiger partial charge is 0.223 e. The summed E-state index contributed by atoms with van der Waals surface area (Å²) < 4.78 is 23.8. The molecule has 1 fully saturated rings. The Morgan fingerprint density at radius 2 is 1.86 bits per heavy atom. The number of amides is 1. The number of fused-ring (bicyclic) bond motifs is 1. The standard InChI is InChI=1S/C20H28N4O3S/c1-13(2)14(3)23-20(25)15-7-9-24(10-8-15)19-17-11-16(28(4,26)27)5-6-18(17)21-12-22-19/h5-6,11-15H,7-10H2,1-4H3,(H,23,25). The minimum Gasteiger partial charge on any atom is -0.356 e. The number of aromatic nitrogens is 2. The fourth-order valence-corrected chi connectivity index (χ4v) is 4.01. The van der Waals surface area contributed by atoms with Gasteiger partial charge in [-0.15, -0.1) is 0 Å². The molecule has 3 rings (SSSR count). The first-order valence-electron chi connectivity index (χ1n) is 9.67. The molecule has 1 amide bonds. The van der Waals surface area contributed by atoms with E-state index in [0.29, 0.717) is 24.5 Å². The number of piperidine rings is 1. The lowest BCUT2D eigenvalue weighted by Crippen LogP contribution is -2.44. The SMILES string of the molecule is CC(C)C(C)NC(=O)C1CCN(c2ncnc3ccc(S(C)(=O)=O)cc23)CC1. The molecule has 8 heteroatoms. The van der Waals surface area contributed by atoms with Gasteiger partial charge in [-0.2, -0.15) is 0 Å². The van der Waals surface area contributed by atoms with Crippen LogP contribution in [-0.2, 0) is 14.6 Å². The zero-order valence-corrected chi connectivity index (χ0v) is 17.7. The molecule has 1 aliphatic rings. The third-order valence-electron chi connectivity index (χ3n) is 5.55. The van der Waals surface area contributed by atoms with Crippen molar-refractivity contribution in [2.75, 3.05) is 24.2 Å². The second-order valence-electron chi connectivity index (χ2n) is 7.95. The summed E-state index contributed by atoms with van der Waals surface area (Å²) in [4.78, 5) is 23.5. The van der Waals surface area contributed by atoms with Crippen molar-refractivity contribution >= 4 is 32.5 Å². The van der Waals surface area contributed by atoms with E-state index < -0.39 is 9.84 Å². The van der Waals surface area contributed by atoms with Crippen LogP contribution in [-0.4, -0.2) is 49.7 Å². The van der Waals surface area contributed by atoms with Crippen molar-refractivity contribution < 1.29 is 13.2 Å². The number of carbonyl (C=O) groups excluding carboxylic acids is 1. The Labute approximate surface area is 166 Å². The second-order valence-corrected chi connectivity index (χ2v) is 9.97. The molecule has 1 N–H and O–H groups in total. The largest absolute Gasteiger partial charge is 0.356 e. The van der Waals surface area contributed by atoms with Crippen LogP contribution in [0.15, 0.2) is 29.4 Å². The summed E-state index contributed by atoms with van der Waals surface area (Å²) in [5.41, 5.74) is 0.711. The highest BCUT2D eigenvalue weighted by molar-refractivity contribution is 7.90. The first kappa shape index (κ1) is 20.5. The number of rotatable bonds is 5. The molecule has 0 radical (unpaired) electrons. The summed E-state index contributed by atoms with van der Waals surface area (Å²) in [6.45, 7) is 7.62. The highest BCUT2D eigenvalue weighted by atomic mass is 32.2. The number of sulfone groups is 1. The Morgan fingerprint density at radius 3 is 2.46 bits per heavy atom. The van der Waals surface area contributed by atoms with Crippen LogP contribution in [0.25, 0.3) is 10.9 Å². The Hall–Kier alpha value is -2.22. The summed E-state index contributed by atoms with van der Waals surface area (Å²) in [6.07, 6.45) is 4.18. The molecule has 0 saturated carbocycles. The molecule has 1 unspecified atom stereocenters. The lowest BCUT2D eigenvalue weighted by molar-refractivity contribution is -0.126. The van der Waals surface area contributed by atoms with Crippen LogP contribution in [0.3, 0.4) is 0 Å². The van der Waals surface area contributed by atoms with Gasteiger partial charge in [-0.05, 0) is 43.9 Å². The molecule has 1 aliphatic heterocycles. The molecule has 2 aromatic rings. The molecule has 7 nitrogen and oxygen atoms in total. The molecule has 0 spiro atoms. The van der Waals surface area contributed by atoms with Crippen molar-refractivity contribution in [2.45, 2.75) is 44.6 Å². The van der Waals surface area contributed by atoms with E-state index in [0.717, 1.165) is 24.0 Å². The van der Waals surface area contributed by atoms with Crippen LogP contribution < -0.4 is 10.2 Å². The molecule has 0 aliphatic carbocycles. The van der Waals surface area contributed by atoms with Crippen LogP contribution in [0.5, 0.6) is 0 Å². The number of benzene rings is 1. The summed E-state index contributed by atoms with van der Waals surface area (Å²) >= 11 is 0. The molecule has 1 atom stereocenters. The molecule has 1 aromatic heterocycles. The topological polar surface area (TPSA) is 92.3 Å². The third kappa shape index (κ3) is 4.43. The maximum atomic E-state index is 12.5. The Kier molecular flexibility index (Phi) is 5.88. The Balaban J connectivity index is 1.77. The summed E-state index contributed by atoms with van der Waals surface area (Å²) in [5.74, 6) is 1.25. The van der Waals surface area contributed by atoms with Gasteiger partial charge in [-0.1, -0.05) is 13.8 Å². The van der Waals surface area contributed by atoms with Gasteiger partial charge in [0.2, 0.25) is 5.91 Å². The van der Waals surface area contributed by atoms with E-state index in [4.69, 9.17) is 0 Å². The average molecular weight is 405 g/mol. The van der Waals surface area contributed by atoms with Gasteiger partial charge in [-0.3, -0.25) is 4.79 Å². The molecular formula is C20H28N4O3S. The quantitative estimate of drug-likeness (QED) is 0.823. The number of anilines is 1. The van der Waals surface area contributed by atoms with Gasteiger partial charge in [-0.25, -0.2) is 18.4 Å². The van der Waals surface area contributed by atoms with Crippen molar-refractivity contribution in [3.63, 3.8) is 0 Å². The molecule has 28 heavy (non-hydrogen) atoms. The number of hydrogen-bond donors (Lipinski definition) is 1. The van der Waals surface area contributed by atoms with Crippen LogP contribution >= 0.6 is 0 Å². The fraction of sp³-hybridized carbons (Fsp3) is 0.550. The number of carbonyl (C=O) groups is 1. The van der Waals surface area contributed by atoms with Gasteiger partial charge in [0, 0.05) is 36.7 Å². The van der Waals surface area contributed by atoms with E-state index in [1.54, 1.807) is 18.2 Å². The number of nitrogens with zero attached hydrogens (tertiary/aromatic N) is 3. The first-order chi connectivity index (χ1) is 13.2. The highest BCUT2D eigenvalue weighted by Gasteiger charge is 2.27. The van der Waals surface area contributed by atoms with Crippen LogP contribution in [0.1, 0.15) is 33.6 Å². The van der Waals surface area contributed by atoms with Gasteiger partial charge in [0.05, 0.1) is 10.4 Å². The molecule has 2 heterocycles. The lowest BCUT2D eigenvalue weighted by Gasteiger charge is -2.33. The zero-order valence-electron chi connectivity index (χ0n) is 16.8. The van der Waals surface area contributed by atoms with E-state index in [-0.39, 0.29) is 22.8 Å². The lowest BCUT2D eigenvalue weighted by atomic mass is 9.94. The monoisotopic (exact) mass is 404 g/mol. The van der Waals surface area contributed by atoms with E-state index >= 15 is 0 Å². The molecule has 0 bridgehead atoms. The van der Waals surface area contributed by atoms with Gasteiger partial charge < -0.3 is 10.2 Å². The summed E-state index contributed by atoms with van der Waals surface area (Å²) in [7, 11) is -3.31. The van der Waals surface area contributed by atoms with Crippen molar-refractivity contribution in [1.29, 1.82) is 0 Å². The maximum Gasteiger partial charge on any atom is 0.223 e. The van der Waals surface area contributed by atoms with Crippen molar-refractivity contribution in [2.24, 2.45) is 11.8 Å². The fourth-order valence-electron chi connectivity index (χ4n) is 3.37. The van der Waals surface area contributed by atoms with E-state index in [2.05, 4.69) is 34.0 Å². The Morgan fingerprint density at radius 1 is 1.18 bits per heavy atom. The van der Waals surface area contributed by atoms with Crippen molar-refractivity contribution in [3.8, 4) is 0 Å². The van der Waals surface area contributed by atoms with Crippen LogP contribution in [0, 0.1) is 11.8 Å². The summed E-state index contributed by atoms with van der Waals surface area (Å²) in [6, 6.07) is 5.08. The minimum absolute atomic E-state index is 0.00266. The van der Waals surface area contributed by atoms with Crippen molar-refractivity contribution in [3.05, 3.63) is 24.5 Å². The third-order valence-corrected chi connectivity index (χ3v) is 6.66. The Bertz CT molecular complexity index is 967. The predicted octanol–water partition coefficient (Wildman–Crippen LogP) is 2.41. The predicted molar refractivity (Wildman–Crippen MR) is 110 cm³/mol. The average Bonchev–Trinajstić information content (AvgIpc) is 2.66. The van der Waals surface area contributed by atoms with E-state index in [1.807, 2.05) is 6.92 Å². The normalized spacial score (nSPS) is 17.1. The van der Waals surface area contributed by atoms with E-state index in [9.17, 15) is 13.2 Å².